The Labute approximate surface area is 117 Å². The minimum Gasteiger partial charge on any atom is -0.496 e. The van der Waals surface area contributed by atoms with Gasteiger partial charge in [0.25, 0.3) is 0 Å². The van der Waals surface area contributed by atoms with E-state index >= 15 is 0 Å². The average molecular weight is 327 g/mol. The summed E-state index contributed by atoms with van der Waals surface area (Å²) in [5.74, 6) is 0.938. The van der Waals surface area contributed by atoms with E-state index in [1.165, 1.54) is 25.6 Å². The first kappa shape index (κ1) is 13.1. The summed E-state index contributed by atoms with van der Waals surface area (Å²) < 4.78 is 11.4. The normalized spacial score (nSPS) is 10.2. The maximum absolute atomic E-state index is 12.4. The second-order valence-electron chi connectivity index (χ2n) is 3.50. The highest BCUT2D eigenvalue weighted by atomic mass is 79.9. The summed E-state index contributed by atoms with van der Waals surface area (Å²) in [7, 11) is 3.08. The van der Waals surface area contributed by atoms with E-state index in [1.807, 2.05) is 5.38 Å². The number of hydrogen-bond acceptors (Lipinski definition) is 4. The lowest BCUT2D eigenvalue weighted by Gasteiger charge is -2.10. The molecule has 0 N–H and O–H groups in total. The highest BCUT2D eigenvalue weighted by Crippen LogP contribution is 2.32. The Morgan fingerprint density at radius 2 is 1.83 bits per heavy atom. The molecule has 0 aliphatic carbocycles. The van der Waals surface area contributed by atoms with Crippen LogP contribution in [0.3, 0.4) is 0 Å². The van der Waals surface area contributed by atoms with E-state index in [1.54, 1.807) is 24.3 Å². The number of ketones is 1. The van der Waals surface area contributed by atoms with Crippen molar-refractivity contribution < 1.29 is 14.3 Å². The van der Waals surface area contributed by atoms with E-state index in [4.69, 9.17) is 9.47 Å². The maximum Gasteiger partial charge on any atom is 0.210 e. The summed E-state index contributed by atoms with van der Waals surface area (Å²) >= 11 is 4.72. The molecule has 1 heterocycles. The Bertz CT molecular complexity index is 555. The van der Waals surface area contributed by atoms with E-state index in [0.29, 0.717) is 21.9 Å². The molecule has 0 aliphatic rings. The number of halogens is 1. The molecule has 0 spiro atoms. The van der Waals surface area contributed by atoms with Crippen LogP contribution in [0.15, 0.2) is 34.1 Å². The van der Waals surface area contributed by atoms with Crippen LogP contribution >= 0.6 is 27.3 Å². The number of methoxy groups -OCH3 is 2. The van der Waals surface area contributed by atoms with Gasteiger partial charge in [-0.25, -0.2) is 0 Å². The fourth-order valence-electron chi connectivity index (χ4n) is 1.63. The summed E-state index contributed by atoms with van der Waals surface area (Å²) in [6.07, 6.45) is 0. The third-order valence-electron chi connectivity index (χ3n) is 2.45. The van der Waals surface area contributed by atoms with Crippen LogP contribution in [0, 0.1) is 0 Å². The quantitative estimate of drug-likeness (QED) is 0.802. The Hall–Kier alpha value is -1.33. The molecule has 0 bridgehead atoms. The van der Waals surface area contributed by atoms with E-state index < -0.39 is 0 Å². The molecule has 0 radical (unpaired) electrons. The molecule has 0 unspecified atom stereocenters. The van der Waals surface area contributed by atoms with E-state index in [9.17, 15) is 4.79 Å². The van der Waals surface area contributed by atoms with Crippen LogP contribution in [0.1, 0.15) is 15.2 Å². The fraction of sp³-hybridized carbons (Fsp3) is 0.154. The predicted octanol–water partition coefficient (Wildman–Crippen LogP) is 3.76. The zero-order valence-electron chi connectivity index (χ0n) is 9.90. The molecule has 3 nitrogen and oxygen atoms in total. The van der Waals surface area contributed by atoms with Gasteiger partial charge in [0, 0.05) is 9.85 Å². The molecule has 1 aromatic carbocycles. The molecule has 2 aromatic rings. The van der Waals surface area contributed by atoms with Crippen molar-refractivity contribution in [2.75, 3.05) is 14.2 Å². The molecule has 94 valence electrons. The van der Waals surface area contributed by atoms with Crippen LogP contribution < -0.4 is 9.47 Å². The van der Waals surface area contributed by atoms with Gasteiger partial charge in [0.1, 0.15) is 17.1 Å². The van der Waals surface area contributed by atoms with Gasteiger partial charge in [-0.15, -0.1) is 11.3 Å². The molecule has 1 aromatic heterocycles. The monoisotopic (exact) mass is 326 g/mol. The summed E-state index contributed by atoms with van der Waals surface area (Å²) in [6.45, 7) is 0. The number of carbonyl (C=O) groups is 1. The number of benzene rings is 1. The molecular formula is C13H11BrO3S. The zero-order valence-corrected chi connectivity index (χ0v) is 12.3. The third kappa shape index (κ3) is 2.42. The van der Waals surface area contributed by atoms with Crippen LogP contribution in [0.25, 0.3) is 0 Å². The van der Waals surface area contributed by atoms with Crippen LogP contribution in [0.2, 0.25) is 0 Å². The first-order chi connectivity index (χ1) is 8.67. The van der Waals surface area contributed by atoms with Gasteiger partial charge in [-0.2, -0.15) is 0 Å². The van der Waals surface area contributed by atoms with E-state index in [2.05, 4.69) is 15.9 Å². The van der Waals surface area contributed by atoms with Crippen molar-refractivity contribution in [2.24, 2.45) is 0 Å². The minimum atomic E-state index is -0.0972. The lowest BCUT2D eigenvalue weighted by molar-refractivity contribution is 0.103. The van der Waals surface area contributed by atoms with E-state index in [-0.39, 0.29) is 5.78 Å². The van der Waals surface area contributed by atoms with Crippen LogP contribution in [-0.4, -0.2) is 20.0 Å². The molecule has 5 heteroatoms. The molecule has 0 saturated carbocycles. The maximum atomic E-state index is 12.4. The highest BCUT2D eigenvalue weighted by Gasteiger charge is 2.20. The van der Waals surface area contributed by atoms with Crippen molar-refractivity contribution in [3.05, 3.63) is 44.6 Å². The third-order valence-corrected chi connectivity index (χ3v) is 4.14. The summed E-state index contributed by atoms with van der Waals surface area (Å²) in [5, 5.41) is 1.87. The summed E-state index contributed by atoms with van der Waals surface area (Å²) in [4.78, 5) is 13.1. The Kier molecular flexibility index (Phi) is 4.04. The Balaban J connectivity index is 2.52. The largest absolute Gasteiger partial charge is 0.496 e. The zero-order chi connectivity index (χ0) is 13.1. The molecular weight excluding hydrogens is 316 g/mol. The van der Waals surface area contributed by atoms with Crippen molar-refractivity contribution in [3.63, 3.8) is 0 Å². The molecule has 2 rings (SSSR count). The summed E-state index contributed by atoms with van der Waals surface area (Å²) in [6, 6.07) is 7.08. The molecule has 0 saturated heterocycles. The smallest absolute Gasteiger partial charge is 0.210 e. The Morgan fingerprint density at radius 1 is 1.22 bits per heavy atom. The van der Waals surface area contributed by atoms with Crippen LogP contribution in [0.5, 0.6) is 11.5 Å². The van der Waals surface area contributed by atoms with Crippen LogP contribution in [-0.2, 0) is 0 Å². The molecule has 0 aliphatic heterocycles. The predicted molar refractivity (Wildman–Crippen MR) is 75.0 cm³/mol. The lowest BCUT2D eigenvalue weighted by Crippen LogP contribution is -2.04. The number of carbonyl (C=O) groups excluding carboxylic acids is 1. The van der Waals surface area contributed by atoms with Crippen LogP contribution in [0.4, 0.5) is 0 Å². The van der Waals surface area contributed by atoms with E-state index in [0.717, 1.165) is 4.47 Å². The second kappa shape index (κ2) is 5.54. The van der Waals surface area contributed by atoms with Crippen molar-refractivity contribution in [1.82, 2.24) is 0 Å². The van der Waals surface area contributed by atoms with Gasteiger partial charge < -0.3 is 9.47 Å². The lowest BCUT2D eigenvalue weighted by atomic mass is 10.1. The molecule has 0 fully saturated rings. The van der Waals surface area contributed by atoms with Gasteiger partial charge in [-0.1, -0.05) is 6.07 Å². The van der Waals surface area contributed by atoms with Crippen molar-refractivity contribution in [1.29, 1.82) is 0 Å². The van der Waals surface area contributed by atoms with Gasteiger partial charge in [0.15, 0.2) is 0 Å². The van der Waals surface area contributed by atoms with Gasteiger partial charge in [0.2, 0.25) is 5.78 Å². The fourth-order valence-corrected chi connectivity index (χ4v) is 3.00. The highest BCUT2D eigenvalue weighted by molar-refractivity contribution is 9.10. The number of ether oxygens (including phenoxy) is 2. The molecule has 18 heavy (non-hydrogen) atoms. The van der Waals surface area contributed by atoms with Gasteiger partial charge in [0.05, 0.1) is 19.1 Å². The standard InChI is InChI=1S/C13H11BrO3S/c1-16-9-4-3-5-10(17-2)12(9)13(15)11-6-8(14)7-18-11/h3-7H,1-2H3. The first-order valence-electron chi connectivity index (χ1n) is 5.17. The number of hydrogen-bond donors (Lipinski definition) is 0. The average Bonchev–Trinajstić information content (AvgIpc) is 2.83. The van der Waals surface area contributed by atoms with Gasteiger partial charge >= 0.3 is 0 Å². The number of rotatable bonds is 4. The minimum absolute atomic E-state index is 0.0972. The van der Waals surface area contributed by atoms with Crippen molar-refractivity contribution in [3.8, 4) is 11.5 Å². The summed E-state index contributed by atoms with van der Waals surface area (Å²) in [5.41, 5.74) is 0.455. The van der Waals surface area contributed by atoms with Gasteiger partial charge in [-0.05, 0) is 34.1 Å². The number of thiophene rings is 1. The first-order valence-corrected chi connectivity index (χ1v) is 6.84. The Morgan fingerprint density at radius 3 is 2.28 bits per heavy atom. The topological polar surface area (TPSA) is 35.5 Å². The van der Waals surface area contributed by atoms with Crippen molar-refractivity contribution >= 4 is 33.0 Å². The SMILES string of the molecule is COc1cccc(OC)c1C(=O)c1cc(Br)cs1. The second-order valence-corrected chi connectivity index (χ2v) is 5.32. The van der Waals surface area contributed by atoms with Gasteiger partial charge in [-0.3, -0.25) is 4.79 Å². The van der Waals surface area contributed by atoms with Crippen molar-refractivity contribution in [2.45, 2.75) is 0 Å². The molecule has 0 amide bonds. The molecule has 0 atom stereocenters.